The van der Waals surface area contributed by atoms with E-state index in [1.807, 2.05) is 0 Å². The van der Waals surface area contributed by atoms with Crippen LogP contribution in [0.4, 0.5) is 17.1 Å². The molecular weight excluding hydrogens is 691 g/mol. The van der Waals surface area contributed by atoms with Crippen LogP contribution in [0.2, 0.25) is 0 Å². The molecule has 0 saturated carbocycles. The van der Waals surface area contributed by atoms with E-state index < -0.39 is 0 Å². The Bertz CT molecular complexity index is 3120. The second-order valence-electron chi connectivity index (χ2n) is 15.7. The minimum absolute atomic E-state index is 0.0601. The first kappa shape index (κ1) is 33.2. The van der Waals surface area contributed by atoms with Gasteiger partial charge in [-0.1, -0.05) is 178 Å². The highest BCUT2D eigenvalue weighted by Gasteiger charge is 2.35. The molecule has 9 aromatic carbocycles. The molecule has 0 amide bonds. The summed E-state index contributed by atoms with van der Waals surface area (Å²) in [6.45, 7) is 4.69. The van der Waals surface area contributed by atoms with E-state index in [-0.39, 0.29) is 5.41 Å². The van der Waals surface area contributed by atoms with Gasteiger partial charge in [0.2, 0.25) is 0 Å². The molecule has 2 heteroatoms. The smallest absolute Gasteiger partial charge is 0.144 e. The average Bonchev–Trinajstić information content (AvgIpc) is 3.77. The summed E-state index contributed by atoms with van der Waals surface area (Å²) < 4.78 is 6.75. The summed E-state index contributed by atoms with van der Waals surface area (Å²) >= 11 is 0. The van der Waals surface area contributed by atoms with E-state index in [1.54, 1.807) is 0 Å². The molecule has 0 fully saturated rings. The van der Waals surface area contributed by atoms with Crippen molar-refractivity contribution in [3.8, 4) is 44.5 Å². The van der Waals surface area contributed by atoms with Crippen molar-refractivity contribution >= 4 is 49.8 Å². The predicted molar refractivity (Wildman–Crippen MR) is 240 cm³/mol. The summed E-state index contributed by atoms with van der Waals surface area (Å²) in [5.74, 6) is 0. The van der Waals surface area contributed by atoms with Gasteiger partial charge in [-0.25, -0.2) is 0 Å². The maximum atomic E-state index is 6.75. The standard InChI is InChI=1S/C55H39NO/c1-55(2)48-23-13-11-19-43(48)44-34-29-40(35-49(44)55)38-27-32-42(33-28-38)56(41-30-25-37(26-31-41)36-15-5-3-6-16-36)53-45-20-9-10-21-46(45)54-52(47-22-12-14-24-50(47)57-54)51(53)39-17-7-4-8-18-39/h3-35H,1-2H3. The fraction of sp³-hybridized carbons (Fsp3) is 0.0545. The Balaban J connectivity index is 1.14. The molecule has 1 aromatic heterocycles. The molecule has 10 aromatic rings. The molecule has 57 heavy (non-hydrogen) atoms. The van der Waals surface area contributed by atoms with Crippen molar-refractivity contribution in [3.05, 3.63) is 211 Å². The van der Waals surface area contributed by atoms with Gasteiger partial charge in [-0.15, -0.1) is 0 Å². The van der Waals surface area contributed by atoms with Crippen LogP contribution < -0.4 is 4.90 Å². The van der Waals surface area contributed by atoms with E-state index in [1.165, 1.54) is 44.5 Å². The molecule has 270 valence electrons. The second-order valence-corrected chi connectivity index (χ2v) is 15.7. The van der Waals surface area contributed by atoms with Gasteiger partial charge in [0, 0.05) is 43.9 Å². The molecule has 0 aliphatic heterocycles. The molecule has 0 atom stereocenters. The molecule has 0 spiro atoms. The SMILES string of the molecule is CC1(C)c2ccccc2-c2ccc(-c3ccc(N(c4ccc(-c5ccccc5)cc4)c4c(-c5ccccc5)c5c6ccccc6oc5c5ccccc45)cc3)cc21. The number of fused-ring (bicyclic) bond motifs is 8. The number of benzene rings is 9. The van der Waals surface area contributed by atoms with Gasteiger partial charge in [0.05, 0.1) is 5.69 Å². The fourth-order valence-electron chi connectivity index (χ4n) is 9.27. The van der Waals surface area contributed by atoms with Crippen molar-refractivity contribution in [1.82, 2.24) is 0 Å². The number of furan rings is 1. The number of hydrogen-bond donors (Lipinski definition) is 0. The van der Waals surface area contributed by atoms with Gasteiger partial charge in [0.25, 0.3) is 0 Å². The van der Waals surface area contributed by atoms with Gasteiger partial charge in [-0.3, -0.25) is 0 Å². The first-order chi connectivity index (χ1) is 28.0. The Kier molecular flexibility index (Phi) is 7.55. The molecule has 0 saturated heterocycles. The number of anilines is 3. The summed E-state index contributed by atoms with van der Waals surface area (Å²) in [6.07, 6.45) is 0. The molecule has 0 radical (unpaired) electrons. The lowest BCUT2D eigenvalue weighted by Crippen LogP contribution is -2.14. The summed E-state index contributed by atoms with van der Waals surface area (Å²) in [7, 11) is 0. The zero-order valence-corrected chi connectivity index (χ0v) is 31.9. The number of para-hydroxylation sites is 1. The zero-order chi connectivity index (χ0) is 38.1. The quantitative estimate of drug-likeness (QED) is 0.169. The van der Waals surface area contributed by atoms with Crippen LogP contribution in [0, 0.1) is 0 Å². The summed E-state index contributed by atoms with van der Waals surface area (Å²) in [5.41, 5.74) is 17.5. The molecule has 11 rings (SSSR count). The Labute approximate surface area is 332 Å². The van der Waals surface area contributed by atoms with E-state index in [0.717, 1.165) is 60.9 Å². The van der Waals surface area contributed by atoms with Gasteiger partial charge in [0.1, 0.15) is 11.2 Å². The summed E-state index contributed by atoms with van der Waals surface area (Å²) in [5, 5.41) is 4.44. The monoisotopic (exact) mass is 729 g/mol. The first-order valence-corrected chi connectivity index (χ1v) is 19.8. The van der Waals surface area contributed by atoms with E-state index in [4.69, 9.17) is 4.42 Å². The predicted octanol–water partition coefficient (Wildman–Crippen LogP) is 15.5. The highest BCUT2D eigenvalue weighted by atomic mass is 16.3. The van der Waals surface area contributed by atoms with Gasteiger partial charge in [-0.05, 0) is 86.5 Å². The molecule has 1 aliphatic carbocycles. The highest BCUT2D eigenvalue weighted by molar-refractivity contribution is 6.27. The number of nitrogens with zero attached hydrogens (tertiary/aromatic N) is 1. The van der Waals surface area contributed by atoms with Gasteiger partial charge in [-0.2, -0.15) is 0 Å². The third-order valence-corrected chi connectivity index (χ3v) is 12.1. The van der Waals surface area contributed by atoms with Gasteiger partial charge in [0.15, 0.2) is 0 Å². The van der Waals surface area contributed by atoms with Crippen molar-refractivity contribution in [3.63, 3.8) is 0 Å². The number of hydrogen-bond acceptors (Lipinski definition) is 2. The summed E-state index contributed by atoms with van der Waals surface area (Å²) in [6, 6.07) is 72.5. The average molecular weight is 730 g/mol. The van der Waals surface area contributed by atoms with Crippen LogP contribution in [0.3, 0.4) is 0 Å². The molecule has 1 aliphatic rings. The Morgan fingerprint density at radius 2 is 0.912 bits per heavy atom. The topological polar surface area (TPSA) is 16.4 Å². The van der Waals surface area contributed by atoms with Crippen LogP contribution in [0.25, 0.3) is 77.2 Å². The molecule has 0 bridgehead atoms. The van der Waals surface area contributed by atoms with Crippen LogP contribution in [-0.4, -0.2) is 0 Å². The minimum atomic E-state index is -0.0601. The zero-order valence-electron chi connectivity index (χ0n) is 31.9. The van der Waals surface area contributed by atoms with Crippen LogP contribution in [0.5, 0.6) is 0 Å². The Morgan fingerprint density at radius 1 is 0.404 bits per heavy atom. The third-order valence-electron chi connectivity index (χ3n) is 12.1. The van der Waals surface area contributed by atoms with Crippen molar-refractivity contribution in [2.75, 3.05) is 4.90 Å². The van der Waals surface area contributed by atoms with Crippen molar-refractivity contribution in [2.45, 2.75) is 19.3 Å². The lowest BCUT2D eigenvalue weighted by Gasteiger charge is -2.30. The largest absolute Gasteiger partial charge is 0.455 e. The van der Waals surface area contributed by atoms with Gasteiger partial charge >= 0.3 is 0 Å². The van der Waals surface area contributed by atoms with Crippen LogP contribution >= 0.6 is 0 Å². The third kappa shape index (κ3) is 5.25. The highest BCUT2D eigenvalue weighted by Crippen LogP contribution is 2.53. The van der Waals surface area contributed by atoms with Crippen LogP contribution in [0.15, 0.2) is 205 Å². The van der Waals surface area contributed by atoms with E-state index in [2.05, 4.69) is 219 Å². The van der Waals surface area contributed by atoms with Crippen molar-refractivity contribution in [1.29, 1.82) is 0 Å². The summed E-state index contributed by atoms with van der Waals surface area (Å²) in [4.78, 5) is 2.45. The van der Waals surface area contributed by atoms with Crippen molar-refractivity contribution < 1.29 is 4.42 Å². The van der Waals surface area contributed by atoms with Crippen LogP contribution in [-0.2, 0) is 5.41 Å². The Hall–Kier alpha value is -7.16. The lowest BCUT2D eigenvalue weighted by atomic mass is 9.81. The van der Waals surface area contributed by atoms with E-state index in [9.17, 15) is 0 Å². The van der Waals surface area contributed by atoms with Crippen LogP contribution in [0.1, 0.15) is 25.0 Å². The maximum Gasteiger partial charge on any atom is 0.144 e. The minimum Gasteiger partial charge on any atom is -0.455 e. The molecule has 0 N–H and O–H groups in total. The lowest BCUT2D eigenvalue weighted by molar-refractivity contribution is 0.660. The maximum absolute atomic E-state index is 6.75. The molecule has 1 heterocycles. The normalized spacial score (nSPS) is 12.9. The molecule has 2 nitrogen and oxygen atoms in total. The second kappa shape index (κ2) is 13.0. The first-order valence-electron chi connectivity index (χ1n) is 19.8. The molecular formula is C55H39NO. The Morgan fingerprint density at radius 3 is 1.61 bits per heavy atom. The van der Waals surface area contributed by atoms with E-state index in [0.29, 0.717) is 0 Å². The number of rotatable bonds is 6. The van der Waals surface area contributed by atoms with Crippen molar-refractivity contribution in [2.24, 2.45) is 0 Å². The van der Waals surface area contributed by atoms with Gasteiger partial charge < -0.3 is 9.32 Å². The fourth-order valence-corrected chi connectivity index (χ4v) is 9.27. The van der Waals surface area contributed by atoms with E-state index >= 15 is 0 Å². The molecule has 0 unspecified atom stereocenters.